The molecule has 0 saturated heterocycles. The predicted molar refractivity (Wildman–Crippen MR) is 153 cm³/mol. The number of aryl methyl sites for hydroxylation is 1. The number of carbonyl (C=O) groups is 1. The molecule has 1 aliphatic rings. The molecule has 198 valence electrons. The zero-order chi connectivity index (χ0) is 26.7. The summed E-state index contributed by atoms with van der Waals surface area (Å²) in [5, 5.41) is 2.84. The van der Waals surface area contributed by atoms with Gasteiger partial charge in [0.05, 0.1) is 18.1 Å². The summed E-state index contributed by atoms with van der Waals surface area (Å²) < 4.78 is 29.4. The maximum absolute atomic E-state index is 14.0. The minimum Gasteiger partial charge on any atom is -0.330 e. The molecule has 1 atom stereocenters. The van der Waals surface area contributed by atoms with E-state index >= 15 is 0 Å². The highest BCUT2D eigenvalue weighted by atomic mass is 32.2. The monoisotopic (exact) mass is 547 g/mol. The number of rotatable bonds is 9. The lowest BCUT2D eigenvalue weighted by molar-refractivity contribution is -0.133. The van der Waals surface area contributed by atoms with Gasteiger partial charge >= 0.3 is 0 Å². The molecule has 0 unspecified atom stereocenters. The molecule has 38 heavy (non-hydrogen) atoms. The van der Waals surface area contributed by atoms with Gasteiger partial charge in [-0.15, -0.1) is 11.3 Å². The first-order chi connectivity index (χ1) is 18.4. The molecule has 0 radical (unpaired) electrons. The second-order valence-electron chi connectivity index (χ2n) is 9.77. The number of carbonyl (C=O) groups excluding carboxylic acids is 1. The van der Waals surface area contributed by atoms with Gasteiger partial charge in [0.1, 0.15) is 4.90 Å². The molecule has 0 aliphatic carbocycles. The van der Waals surface area contributed by atoms with Gasteiger partial charge in [-0.1, -0.05) is 62.2 Å². The molecule has 6 nitrogen and oxygen atoms in total. The number of para-hydroxylation sites is 1. The summed E-state index contributed by atoms with van der Waals surface area (Å²) in [5.41, 5.74) is 3.77. The number of sulfonamides is 1. The van der Waals surface area contributed by atoms with Crippen molar-refractivity contribution in [1.82, 2.24) is 14.2 Å². The van der Waals surface area contributed by atoms with Gasteiger partial charge in [-0.2, -0.15) is 4.31 Å². The first-order valence-electron chi connectivity index (χ1n) is 13.2. The highest BCUT2D eigenvalue weighted by Crippen LogP contribution is 2.39. The molecule has 5 rings (SSSR count). The minimum absolute atomic E-state index is 0.147. The summed E-state index contributed by atoms with van der Waals surface area (Å²) >= 11 is 1.72. The second-order valence-corrected chi connectivity index (χ2v) is 12.7. The average Bonchev–Trinajstić information content (AvgIpc) is 3.41. The van der Waals surface area contributed by atoms with Crippen LogP contribution in [0, 0.1) is 6.92 Å². The van der Waals surface area contributed by atoms with Gasteiger partial charge in [-0.05, 0) is 60.0 Å². The van der Waals surface area contributed by atoms with E-state index in [0.29, 0.717) is 18.5 Å². The highest BCUT2D eigenvalue weighted by Gasteiger charge is 2.36. The van der Waals surface area contributed by atoms with Gasteiger partial charge in [0.15, 0.2) is 0 Å². The van der Waals surface area contributed by atoms with Gasteiger partial charge in [0.25, 0.3) is 0 Å². The fraction of sp³-hybridized carbons (Fsp3) is 0.333. The van der Waals surface area contributed by atoms with E-state index in [2.05, 4.69) is 42.4 Å². The molecular formula is C30H33N3O3S2. The summed E-state index contributed by atoms with van der Waals surface area (Å²) in [5.74, 6) is -0.177. The van der Waals surface area contributed by atoms with Crippen molar-refractivity contribution in [3.63, 3.8) is 0 Å². The van der Waals surface area contributed by atoms with Gasteiger partial charge in [-0.3, -0.25) is 9.78 Å². The van der Waals surface area contributed by atoms with E-state index in [4.69, 9.17) is 0 Å². The predicted octanol–water partition coefficient (Wildman–Crippen LogP) is 5.96. The van der Waals surface area contributed by atoms with Crippen LogP contribution in [0.4, 0.5) is 0 Å². The Morgan fingerprint density at radius 2 is 1.87 bits per heavy atom. The Balaban J connectivity index is 1.50. The van der Waals surface area contributed by atoms with Crippen LogP contribution in [0.2, 0.25) is 0 Å². The van der Waals surface area contributed by atoms with Crippen molar-refractivity contribution in [2.24, 2.45) is 0 Å². The number of hydrogen-bond donors (Lipinski definition) is 0. The Kier molecular flexibility index (Phi) is 7.93. The van der Waals surface area contributed by atoms with Gasteiger partial charge in [0, 0.05) is 29.5 Å². The molecule has 3 heterocycles. The molecular weight excluding hydrogens is 514 g/mol. The van der Waals surface area contributed by atoms with Crippen LogP contribution in [0.1, 0.15) is 53.8 Å². The van der Waals surface area contributed by atoms with E-state index in [9.17, 15) is 13.2 Å². The summed E-state index contributed by atoms with van der Waals surface area (Å²) in [4.78, 5) is 21.7. The Hall–Kier alpha value is -3.07. The zero-order valence-electron chi connectivity index (χ0n) is 21.8. The van der Waals surface area contributed by atoms with E-state index in [1.807, 2.05) is 29.2 Å². The number of unbranched alkanes of at least 4 members (excludes halogenated alkanes) is 2. The number of nitrogens with zero attached hydrogens (tertiary/aromatic N) is 3. The molecule has 2 aromatic carbocycles. The Morgan fingerprint density at radius 1 is 1.05 bits per heavy atom. The zero-order valence-corrected chi connectivity index (χ0v) is 23.5. The minimum atomic E-state index is -3.96. The molecule has 0 fully saturated rings. The van der Waals surface area contributed by atoms with Crippen LogP contribution in [0.25, 0.3) is 10.9 Å². The van der Waals surface area contributed by atoms with Crippen LogP contribution in [-0.4, -0.2) is 48.1 Å². The van der Waals surface area contributed by atoms with Crippen molar-refractivity contribution >= 4 is 38.2 Å². The summed E-state index contributed by atoms with van der Waals surface area (Å²) in [7, 11) is -3.96. The molecule has 0 N–H and O–H groups in total. The Labute approximate surface area is 229 Å². The van der Waals surface area contributed by atoms with Crippen LogP contribution >= 0.6 is 11.3 Å². The van der Waals surface area contributed by atoms with Crippen molar-refractivity contribution < 1.29 is 13.2 Å². The first kappa shape index (κ1) is 26.5. The molecule has 0 spiro atoms. The first-order valence-corrected chi connectivity index (χ1v) is 15.5. The van der Waals surface area contributed by atoms with Gasteiger partial charge < -0.3 is 4.90 Å². The fourth-order valence-corrected chi connectivity index (χ4v) is 7.80. The lowest BCUT2D eigenvalue weighted by atomic mass is 9.90. The third-order valence-corrected chi connectivity index (χ3v) is 10.2. The number of aromatic nitrogens is 1. The summed E-state index contributed by atoms with van der Waals surface area (Å²) in [6.45, 7) is 4.80. The van der Waals surface area contributed by atoms with Crippen LogP contribution in [0.3, 0.4) is 0 Å². The lowest BCUT2D eigenvalue weighted by Gasteiger charge is -2.38. The maximum atomic E-state index is 14.0. The average molecular weight is 548 g/mol. The molecule has 0 saturated carbocycles. The van der Waals surface area contributed by atoms with E-state index < -0.39 is 10.0 Å². The molecule has 1 amide bonds. The molecule has 8 heteroatoms. The highest BCUT2D eigenvalue weighted by molar-refractivity contribution is 7.89. The van der Waals surface area contributed by atoms with Crippen molar-refractivity contribution in [1.29, 1.82) is 0 Å². The van der Waals surface area contributed by atoms with Gasteiger partial charge in [-0.25, -0.2) is 8.42 Å². The summed E-state index contributed by atoms with van der Waals surface area (Å²) in [6.07, 6.45) is 4.92. The molecule has 2 aromatic heterocycles. The van der Waals surface area contributed by atoms with Crippen LogP contribution in [-0.2, 0) is 21.2 Å². The van der Waals surface area contributed by atoms with Crippen molar-refractivity contribution in [2.45, 2.75) is 50.5 Å². The van der Waals surface area contributed by atoms with Crippen LogP contribution < -0.4 is 0 Å². The van der Waals surface area contributed by atoms with Crippen LogP contribution in [0.15, 0.2) is 77.1 Å². The number of fused-ring (bicyclic) bond motifs is 2. The van der Waals surface area contributed by atoms with E-state index in [-0.39, 0.29) is 29.9 Å². The number of amides is 1. The third kappa shape index (κ3) is 5.13. The fourth-order valence-electron chi connectivity index (χ4n) is 5.30. The van der Waals surface area contributed by atoms with Crippen molar-refractivity contribution in [3.05, 3.63) is 93.8 Å². The van der Waals surface area contributed by atoms with E-state index in [1.54, 1.807) is 35.7 Å². The largest absolute Gasteiger partial charge is 0.330 e. The van der Waals surface area contributed by atoms with Gasteiger partial charge in [0.2, 0.25) is 15.9 Å². The second kappa shape index (κ2) is 11.4. The van der Waals surface area contributed by atoms with Crippen LogP contribution in [0.5, 0.6) is 0 Å². The number of benzene rings is 2. The van der Waals surface area contributed by atoms with E-state index in [1.165, 1.54) is 9.18 Å². The van der Waals surface area contributed by atoms with Crippen molar-refractivity contribution in [2.75, 3.05) is 19.6 Å². The number of hydrogen-bond acceptors (Lipinski definition) is 5. The molecule has 1 aliphatic heterocycles. The number of pyridine rings is 1. The smallest absolute Gasteiger partial charge is 0.245 e. The maximum Gasteiger partial charge on any atom is 0.245 e. The number of thiophene rings is 1. The lowest BCUT2D eigenvalue weighted by Crippen LogP contribution is -2.47. The van der Waals surface area contributed by atoms with Crippen molar-refractivity contribution in [3.8, 4) is 0 Å². The summed E-state index contributed by atoms with van der Waals surface area (Å²) in [6, 6.07) is 18.9. The Bertz CT molecular complexity index is 1540. The SMILES string of the molecule is CCCCCN(CC(=O)N1CCc2sccc2[C@H]1c1ccccc1C)S(=O)(=O)c1cccc2cccnc12. The Morgan fingerprint density at radius 3 is 2.68 bits per heavy atom. The topological polar surface area (TPSA) is 70.6 Å². The normalized spacial score (nSPS) is 15.7. The molecule has 0 bridgehead atoms. The third-order valence-electron chi connectivity index (χ3n) is 7.31. The standard InChI is InChI=1S/C30H33N3O3S2/c1-3-4-7-18-32(38(35,36)27-14-8-11-23-12-9-17-31-29(23)27)21-28(34)33-19-15-26-25(16-20-37-26)30(33)24-13-6-5-10-22(24)2/h5-6,8-14,16-17,20,30H,3-4,7,15,18-19,21H2,1-2H3/t30-/m1/s1. The van der Waals surface area contributed by atoms with E-state index in [0.717, 1.165) is 41.3 Å². The quantitative estimate of drug-likeness (QED) is 0.243. The molecule has 4 aromatic rings.